The van der Waals surface area contributed by atoms with Crippen LogP contribution in [0.5, 0.6) is 0 Å². The Morgan fingerprint density at radius 2 is 1.94 bits per heavy atom. The molecular weight excluding hydrogens is 226 g/mol. The summed E-state index contributed by atoms with van der Waals surface area (Å²) in [4.78, 5) is 24.2. The summed E-state index contributed by atoms with van der Waals surface area (Å²) in [5.41, 5.74) is -0.701. The first kappa shape index (κ1) is 13.8. The first-order valence-electron chi connectivity index (χ1n) is 5.58. The zero-order chi connectivity index (χ0) is 13.2. The average Bonchev–Trinajstić information content (AvgIpc) is 2.41. The minimum atomic E-state index is -1.02. The van der Waals surface area contributed by atoms with Crippen LogP contribution in [-0.4, -0.2) is 46.5 Å². The van der Waals surface area contributed by atoms with Crippen LogP contribution in [0.2, 0.25) is 0 Å². The minimum absolute atomic E-state index is 0.139. The van der Waals surface area contributed by atoms with Crippen molar-refractivity contribution in [3.05, 3.63) is 0 Å². The molecule has 1 aliphatic heterocycles. The van der Waals surface area contributed by atoms with Crippen LogP contribution in [0, 0.1) is 0 Å². The van der Waals surface area contributed by atoms with Crippen LogP contribution in [0.1, 0.15) is 34.1 Å². The van der Waals surface area contributed by atoms with E-state index in [9.17, 15) is 14.7 Å². The topological polar surface area (TPSA) is 76.1 Å². The Kier molecular flexibility index (Phi) is 3.98. The number of carbonyl (C=O) groups is 2. The summed E-state index contributed by atoms with van der Waals surface area (Å²) < 4.78 is 9.40. The molecule has 1 amide bonds. The molecule has 1 heterocycles. The number of hydrogen-bond donors (Lipinski definition) is 1. The summed E-state index contributed by atoms with van der Waals surface area (Å²) in [6, 6.07) is -0.139. The van der Waals surface area contributed by atoms with E-state index in [4.69, 9.17) is 4.74 Å². The first-order valence-corrected chi connectivity index (χ1v) is 5.58. The average molecular weight is 245 g/mol. The summed E-state index contributed by atoms with van der Waals surface area (Å²) in [5, 5.41) is 9.37. The lowest BCUT2D eigenvalue weighted by atomic mass is 10.2. The summed E-state index contributed by atoms with van der Waals surface area (Å²) in [5.74, 6) is 0. The molecule has 1 fully saturated rings. The Morgan fingerprint density at radius 3 is 2.35 bits per heavy atom. The Hall–Kier alpha value is -1.30. The first-order chi connectivity index (χ1) is 7.69. The highest BCUT2D eigenvalue weighted by Crippen LogP contribution is 2.18. The van der Waals surface area contributed by atoms with Gasteiger partial charge in [0.25, 0.3) is 0 Å². The van der Waals surface area contributed by atoms with Gasteiger partial charge in [0.05, 0.1) is 12.6 Å². The molecule has 6 heteroatoms. The highest BCUT2D eigenvalue weighted by Gasteiger charge is 2.34. The van der Waals surface area contributed by atoms with Gasteiger partial charge in [-0.1, -0.05) is 0 Å². The van der Waals surface area contributed by atoms with Crippen molar-refractivity contribution in [2.75, 3.05) is 6.54 Å². The number of carbonyl (C=O) groups excluding carboxylic acids is 2. The Bertz CT molecular complexity index is 309. The lowest BCUT2D eigenvalue weighted by Crippen LogP contribution is -2.37. The SMILES string of the molecule is C[C@H]1C[C@H](O)CN1C(=O)OC(=O)OC(C)(C)C. The Morgan fingerprint density at radius 1 is 1.35 bits per heavy atom. The van der Waals surface area contributed by atoms with Crippen LogP contribution in [0.4, 0.5) is 9.59 Å². The highest BCUT2D eigenvalue weighted by molar-refractivity contribution is 5.81. The summed E-state index contributed by atoms with van der Waals surface area (Å²) in [6.45, 7) is 7.01. The van der Waals surface area contributed by atoms with E-state index in [1.165, 1.54) is 4.90 Å². The van der Waals surface area contributed by atoms with Gasteiger partial charge in [-0.3, -0.25) is 0 Å². The van der Waals surface area contributed by atoms with Gasteiger partial charge in [-0.15, -0.1) is 0 Å². The van der Waals surface area contributed by atoms with Crippen LogP contribution >= 0.6 is 0 Å². The molecule has 6 nitrogen and oxygen atoms in total. The van der Waals surface area contributed by atoms with Crippen LogP contribution in [0.15, 0.2) is 0 Å². The van der Waals surface area contributed by atoms with Gasteiger partial charge in [0.2, 0.25) is 0 Å². The Balaban J connectivity index is 2.47. The molecule has 17 heavy (non-hydrogen) atoms. The van der Waals surface area contributed by atoms with Gasteiger partial charge in [0.15, 0.2) is 0 Å². The molecule has 1 aliphatic rings. The third-order valence-electron chi connectivity index (χ3n) is 2.35. The molecule has 0 aromatic heterocycles. The van der Waals surface area contributed by atoms with Crippen molar-refractivity contribution in [3.63, 3.8) is 0 Å². The van der Waals surface area contributed by atoms with E-state index in [-0.39, 0.29) is 12.6 Å². The second-order valence-electron chi connectivity index (χ2n) is 5.22. The summed E-state index contributed by atoms with van der Waals surface area (Å²) in [6.07, 6.45) is -1.86. The standard InChI is InChI=1S/C11H19NO5/c1-7-5-8(13)6-12(7)9(14)16-10(15)17-11(2,3)4/h7-8,13H,5-6H2,1-4H3/t7-,8-/m0/s1. The number of rotatable bonds is 0. The summed E-state index contributed by atoms with van der Waals surface area (Å²) in [7, 11) is 0. The number of likely N-dealkylation sites (tertiary alicyclic amines) is 1. The van der Waals surface area contributed by atoms with Crippen molar-refractivity contribution in [1.82, 2.24) is 4.90 Å². The maximum atomic E-state index is 11.6. The van der Waals surface area contributed by atoms with E-state index in [2.05, 4.69) is 4.74 Å². The largest absolute Gasteiger partial charge is 0.517 e. The fourth-order valence-corrected chi connectivity index (χ4v) is 1.66. The number of ether oxygens (including phenoxy) is 2. The predicted octanol–water partition coefficient (Wildman–Crippen LogP) is 1.51. The number of aliphatic hydroxyl groups excluding tert-OH is 1. The van der Waals surface area contributed by atoms with E-state index in [0.29, 0.717) is 6.42 Å². The van der Waals surface area contributed by atoms with E-state index in [0.717, 1.165) is 0 Å². The molecule has 2 atom stereocenters. The zero-order valence-corrected chi connectivity index (χ0v) is 10.6. The second-order valence-corrected chi connectivity index (χ2v) is 5.22. The molecule has 1 saturated heterocycles. The van der Waals surface area contributed by atoms with Gasteiger partial charge in [-0.25, -0.2) is 9.59 Å². The van der Waals surface area contributed by atoms with E-state index < -0.39 is 24.0 Å². The monoisotopic (exact) mass is 245 g/mol. The second kappa shape index (κ2) is 4.91. The van der Waals surface area contributed by atoms with Crippen molar-refractivity contribution in [3.8, 4) is 0 Å². The predicted molar refractivity (Wildman–Crippen MR) is 59.5 cm³/mol. The number of hydrogen-bond acceptors (Lipinski definition) is 5. The third kappa shape index (κ3) is 4.22. The maximum Gasteiger partial charge on any atom is 0.517 e. The van der Waals surface area contributed by atoms with Crippen molar-refractivity contribution in [2.45, 2.75) is 51.9 Å². The van der Waals surface area contributed by atoms with Gasteiger partial charge < -0.3 is 19.5 Å². The highest BCUT2D eigenvalue weighted by atomic mass is 16.8. The molecular formula is C11H19NO5. The van der Waals surface area contributed by atoms with Gasteiger partial charge in [-0.2, -0.15) is 0 Å². The maximum absolute atomic E-state index is 11.6. The molecule has 0 radical (unpaired) electrons. The third-order valence-corrected chi connectivity index (χ3v) is 2.35. The van der Waals surface area contributed by atoms with Gasteiger partial charge in [0, 0.05) is 6.04 Å². The molecule has 1 rings (SSSR count). The number of nitrogens with zero attached hydrogens (tertiary/aromatic N) is 1. The van der Waals surface area contributed by atoms with Crippen LogP contribution < -0.4 is 0 Å². The molecule has 0 spiro atoms. The van der Waals surface area contributed by atoms with Gasteiger partial charge >= 0.3 is 12.2 Å². The minimum Gasteiger partial charge on any atom is -0.428 e. The van der Waals surface area contributed by atoms with Crippen molar-refractivity contribution in [1.29, 1.82) is 0 Å². The molecule has 0 bridgehead atoms. The molecule has 0 aromatic rings. The zero-order valence-electron chi connectivity index (χ0n) is 10.6. The molecule has 1 N–H and O–H groups in total. The molecule has 0 saturated carbocycles. The quantitative estimate of drug-likeness (QED) is 0.517. The number of β-amino-alcohol motifs (C(OH)–C–C–N with tert-alkyl or cyclic N) is 1. The molecule has 0 unspecified atom stereocenters. The van der Waals surface area contributed by atoms with E-state index in [1.807, 2.05) is 0 Å². The van der Waals surface area contributed by atoms with Crippen molar-refractivity contribution in [2.24, 2.45) is 0 Å². The molecule has 0 aromatic carbocycles. The molecule has 0 aliphatic carbocycles. The lowest BCUT2D eigenvalue weighted by Gasteiger charge is -2.22. The lowest BCUT2D eigenvalue weighted by molar-refractivity contribution is 0.00195. The Labute approximate surface area is 100 Å². The summed E-state index contributed by atoms with van der Waals surface area (Å²) >= 11 is 0. The van der Waals surface area contributed by atoms with E-state index in [1.54, 1.807) is 27.7 Å². The fourth-order valence-electron chi connectivity index (χ4n) is 1.66. The normalized spacial score (nSPS) is 24.6. The van der Waals surface area contributed by atoms with Gasteiger partial charge in [-0.05, 0) is 34.1 Å². The fraction of sp³-hybridized carbons (Fsp3) is 0.818. The van der Waals surface area contributed by atoms with Crippen molar-refractivity contribution >= 4 is 12.2 Å². The smallest absolute Gasteiger partial charge is 0.428 e. The van der Waals surface area contributed by atoms with Crippen LogP contribution in [0.3, 0.4) is 0 Å². The van der Waals surface area contributed by atoms with Gasteiger partial charge in [0.1, 0.15) is 5.60 Å². The van der Waals surface area contributed by atoms with Crippen LogP contribution in [0.25, 0.3) is 0 Å². The van der Waals surface area contributed by atoms with E-state index >= 15 is 0 Å². The number of amides is 1. The number of aliphatic hydroxyl groups is 1. The van der Waals surface area contributed by atoms with Crippen molar-refractivity contribution < 1.29 is 24.2 Å². The molecule has 98 valence electrons. The van der Waals surface area contributed by atoms with Crippen LogP contribution in [-0.2, 0) is 9.47 Å².